The SMILES string of the molecule is N#Cc1cc(C#CCCNC(=O)OCC2c3ccccc3-c3ccccc32)ccc1Cl. The highest BCUT2D eigenvalue weighted by molar-refractivity contribution is 6.31. The van der Waals surface area contributed by atoms with Crippen molar-refractivity contribution in [1.29, 1.82) is 5.26 Å². The van der Waals surface area contributed by atoms with Crippen molar-refractivity contribution in [1.82, 2.24) is 5.32 Å². The van der Waals surface area contributed by atoms with Crippen LogP contribution < -0.4 is 5.32 Å². The fraction of sp³-hybridized carbons (Fsp3) is 0.154. The van der Waals surface area contributed by atoms with Crippen molar-refractivity contribution in [3.63, 3.8) is 0 Å². The molecule has 0 fully saturated rings. The molecule has 3 aromatic carbocycles. The molecule has 3 aromatic rings. The summed E-state index contributed by atoms with van der Waals surface area (Å²) in [4.78, 5) is 12.1. The number of halogens is 1. The number of benzene rings is 3. The van der Waals surface area contributed by atoms with Crippen LogP contribution in [-0.2, 0) is 4.74 Å². The van der Waals surface area contributed by atoms with E-state index < -0.39 is 6.09 Å². The van der Waals surface area contributed by atoms with Gasteiger partial charge in [-0.05, 0) is 40.5 Å². The van der Waals surface area contributed by atoms with E-state index >= 15 is 0 Å². The van der Waals surface area contributed by atoms with E-state index in [2.05, 4.69) is 41.4 Å². The van der Waals surface area contributed by atoms with Crippen molar-refractivity contribution >= 4 is 17.7 Å². The molecule has 31 heavy (non-hydrogen) atoms. The van der Waals surface area contributed by atoms with Gasteiger partial charge in [0.2, 0.25) is 0 Å². The Morgan fingerprint density at radius 3 is 2.39 bits per heavy atom. The molecule has 1 aliphatic rings. The van der Waals surface area contributed by atoms with Gasteiger partial charge in [-0.25, -0.2) is 4.79 Å². The summed E-state index contributed by atoms with van der Waals surface area (Å²) in [5, 5.41) is 12.1. The first-order chi connectivity index (χ1) is 15.2. The first kappa shape index (κ1) is 20.5. The first-order valence-corrected chi connectivity index (χ1v) is 10.3. The van der Waals surface area contributed by atoms with Gasteiger partial charge in [-0.3, -0.25) is 0 Å². The second kappa shape index (κ2) is 9.39. The van der Waals surface area contributed by atoms with Crippen molar-refractivity contribution < 1.29 is 9.53 Å². The molecule has 0 radical (unpaired) electrons. The summed E-state index contributed by atoms with van der Waals surface area (Å²) >= 11 is 5.92. The highest BCUT2D eigenvalue weighted by atomic mass is 35.5. The van der Waals surface area contributed by atoms with Crippen molar-refractivity contribution in [2.24, 2.45) is 0 Å². The predicted octanol–water partition coefficient (Wildman–Crippen LogP) is 5.49. The number of fused-ring (bicyclic) bond motifs is 3. The molecule has 0 aromatic heterocycles. The van der Waals surface area contributed by atoms with Crippen LogP contribution in [0, 0.1) is 23.2 Å². The second-order valence-corrected chi connectivity index (χ2v) is 7.52. The molecule has 1 amide bonds. The van der Waals surface area contributed by atoms with E-state index in [0.29, 0.717) is 29.1 Å². The summed E-state index contributed by atoms with van der Waals surface area (Å²) < 4.78 is 5.50. The molecule has 4 rings (SSSR count). The van der Waals surface area contributed by atoms with Crippen LogP contribution in [0.2, 0.25) is 5.02 Å². The van der Waals surface area contributed by atoms with Gasteiger partial charge in [0.15, 0.2) is 0 Å². The Bertz CT molecular complexity index is 1190. The molecule has 5 heteroatoms. The standard InChI is InChI=1S/C26H19ClN2O2/c27-25-13-12-18(15-19(25)16-28)7-5-6-14-29-26(30)31-17-24-22-10-3-1-8-20(22)21-9-2-4-11-23(21)24/h1-4,8-13,15,24H,6,14,17H2,(H,29,30). The summed E-state index contributed by atoms with van der Waals surface area (Å²) in [7, 11) is 0. The van der Waals surface area contributed by atoms with Crippen molar-refractivity contribution in [2.45, 2.75) is 12.3 Å². The van der Waals surface area contributed by atoms with Gasteiger partial charge in [-0.2, -0.15) is 5.26 Å². The molecular formula is C26H19ClN2O2. The number of nitrogens with one attached hydrogen (secondary N) is 1. The molecule has 0 bridgehead atoms. The Labute approximate surface area is 186 Å². The van der Waals surface area contributed by atoms with Gasteiger partial charge in [-0.15, -0.1) is 0 Å². The van der Waals surface area contributed by atoms with E-state index in [1.807, 2.05) is 30.3 Å². The van der Waals surface area contributed by atoms with E-state index in [4.69, 9.17) is 21.6 Å². The van der Waals surface area contributed by atoms with Gasteiger partial charge in [0.05, 0.1) is 10.6 Å². The number of hydrogen-bond donors (Lipinski definition) is 1. The van der Waals surface area contributed by atoms with E-state index in [-0.39, 0.29) is 12.5 Å². The molecule has 0 heterocycles. The molecule has 0 saturated heterocycles. The molecular weight excluding hydrogens is 408 g/mol. The number of alkyl carbamates (subject to hydrolysis) is 1. The minimum Gasteiger partial charge on any atom is -0.449 e. The van der Waals surface area contributed by atoms with Crippen LogP contribution in [0.25, 0.3) is 11.1 Å². The molecule has 1 aliphatic carbocycles. The van der Waals surface area contributed by atoms with Crippen molar-refractivity contribution in [3.8, 4) is 29.0 Å². The minimum atomic E-state index is -0.457. The summed E-state index contributed by atoms with van der Waals surface area (Å²) in [5.41, 5.74) is 5.87. The number of rotatable bonds is 4. The lowest BCUT2D eigenvalue weighted by molar-refractivity contribution is 0.143. The van der Waals surface area contributed by atoms with Gasteiger partial charge in [-0.1, -0.05) is 72.0 Å². The number of nitrogens with zero attached hydrogens (tertiary/aromatic N) is 1. The molecule has 4 nitrogen and oxygen atoms in total. The summed E-state index contributed by atoms with van der Waals surface area (Å²) in [6.07, 6.45) is 0.0104. The van der Waals surface area contributed by atoms with E-state index in [1.54, 1.807) is 18.2 Å². The maximum atomic E-state index is 12.1. The Balaban J connectivity index is 1.29. The van der Waals surface area contributed by atoms with Gasteiger partial charge in [0.1, 0.15) is 12.7 Å². The number of amides is 1. The van der Waals surface area contributed by atoms with Crippen molar-refractivity contribution in [3.05, 3.63) is 94.0 Å². The van der Waals surface area contributed by atoms with Crippen LogP contribution in [-0.4, -0.2) is 19.2 Å². The van der Waals surface area contributed by atoms with Gasteiger partial charge >= 0.3 is 6.09 Å². The zero-order chi connectivity index (χ0) is 21.6. The van der Waals surface area contributed by atoms with Crippen molar-refractivity contribution in [2.75, 3.05) is 13.2 Å². The van der Waals surface area contributed by atoms with Crippen LogP contribution in [0.3, 0.4) is 0 Å². The topological polar surface area (TPSA) is 62.1 Å². The van der Waals surface area contributed by atoms with Gasteiger partial charge < -0.3 is 10.1 Å². The van der Waals surface area contributed by atoms with Crippen LogP contribution >= 0.6 is 11.6 Å². The average Bonchev–Trinajstić information content (AvgIpc) is 3.12. The monoisotopic (exact) mass is 426 g/mol. The third kappa shape index (κ3) is 4.56. The summed E-state index contributed by atoms with van der Waals surface area (Å²) in [6.45, 7) is 0.662. The number of ether oxygens (including phenoxy) is 1. The molecule has 0 unspecified atom stereocenters. The molecule has 152 valence electrons. The number of carbonyl (C=O) groups excluding carboxylic acids is 1. The lowest BCUT2D eigenvalue weighted by atomic mass is 9.98. The zero-order valence-corrected chi connectivity index (χ0v) is 17.4. The van der Waals surface area contributed by atoms with Gasteiger partial charge in [0, 0.05) is 24.4 Å². The van der Waals surface area contributed by atoms with Crippen LogP contribution in [0.5, 0.6) is 0 Å². The van der Waals surface area contributed by atoms with E-state index in [1.165, 1.54) is 22.3 Å². The normalized spacial score (nSPS) is 11.5. The highest BCUT2D eigenvalue weighted by Crippen LogP contribution is 2.44. The number of hydrogen-bond acceptors (Lipinski definition) is 3. The van der Waals surface area contributed by atoms with E-state index in [0.717, 1.165) is 0 Å². The quantitative estimate of drug-likeness (QED) is 0.443. The fourth-order valence-corrected chi connectivity index (χ4v) is 3.89. The first-order valence-electron chi connectivity index (χ1n) is 9.94. The van der Waals surface area contributed by atoms with Crippen LogP contribution in [0.4, 0.5) is 4.79 Å². The van der Waals surface area contributed by atoms with E-state index in [9.17, 15) is 4.79 Å². The Hall–Kier alpha value is -3.73. The third-order valence-electron chi connectivity index (χ3n) is 5.18. The maximum absolute atomic E-state index is 12.1. The summed E-state index contributed by atoms with van der Waals surface area (Å²) in [6, 6.07) is 23.5. The predicted molar refractivity (Wildman–Crippen MR) is 121 cm³/mol. The maximum Gasteiger partial charge on any atom is 0.407 e. The average molecular weight is 427 g/mol. The Morgan fingerprint density at radius 2 is 1.71 bits per heavy atom. The summed E-state index contributed by atoms with van der Waals surface area (Å²) in [5.74, 6) is 5.98. The number of nitriles is 1. The third-order valence-corrected chi connectivity index (χ3v) is 5.51. The molecule has 0 atom stereocenters. The zero-order valence-electron chi connectivity index (χ0n) is 16.7. The van der Waals surface area contributed by atoms with Crippen LogP contribution in [0.1, 0.15) is 34.6 Å². The molecule has 0 saturated carbocycles. The fourth-order valence-electron chi connectivity index (χ4n) is 3.73. The lowest BCUT2D eigenvalue weighted by Crippen LogP contribution is -2.26. The smallest absolute Gasteiger partial charge is 0.407 e. The molecule has 0 aliphatic heterocycles. The second-order valence-electron chi connectivity index (χ2n) is 7.11. The van der Waals surface area contributed by atoms with Gasteiger partial charge in [0.25, 0.3) is 0 Å². The largest absolute Gasteiger partial charge is 0.449 e. The van der Waals surface area contributed by atoms with Crippen LogP contribution in [0.15, 0.2) is 66.7 Å². The molecule has 1 N–H and O–H groups in total. The highest BCUT2D eigenvalue weighted by Gasteiger charge is 2.28. The Morgan fingerprint density at radius 1 is 1.03 bits per heavy atom. The number of carbonyl (C=O) groups is 1. The lowest BCUT2D eigenvalue weighted by Gasteiger charge is -2.14. The minimum absolute atomic E-state index is 0.0391. The molecule has 0 spiro atoms. The Kier molecular flexibility index (Phi) is 6.22.